The Morgan fingerprint density at radius 1 is 1.18 bits per heavy atom. The van der Waals surface area contributed by atoms with Gasteiger partial charge in [0, 0.05) is 48.5 Å². The van der Waals surface area contributed by atoms with Crippen molar-refractivity contribution in [2.24, 2.45) is 0 Å². The number of fused-ring (bicyclic) bond motifs is 2. The number of pyridine rings is 2. The summed E-state index contributed by atoms with van der Waals surface area (Å²) in [7, 11) is 2.02. The quantitative estimate of drug-likeness (QED) is 0.400. The van der Waals surface area contributed by atoms with Gasteiger partial charge in [-0.2, -0.15) is 5.10 Å². The molecule has 39 heavy (non-hydrogen) atoms. The SMILES string of the molecule is Cc1c(-c2[nH]c3ccc(N4CCN(C(=O)CN(C)C(C)(C)C)[C@H](C)C4)nc3c2C(C)C)cn2ncnc2c1C. The Morgan fingerprint density at radius 2 is 1.92 bits per heavy atom. The summed E-state index contributed by atoms with van der Waals surface area (Å²) in [5, 5.41) is 4.40. The maximum Gasteiger partial charge on any atom is 0.237 e. The van der Waals surface area contributed by atoms with E-state index in [4.69, 9.17) is 4.98 Å². The molecule has 1 saturated heterocycles. The minimum atomic E-state index is -0.0398. The van der Waals surface area contributed by atoms with Gasteiger partial charge in [-0.05, 0) is 77.8 Å². The molecule has 0 aliphatic carbocycles. The van der Waals surface area contributed by atoms with Gasteiger partial charge in [0.05, 0.1) is 23.3 Å². The second-order valence-electron chi connectivity index (χ2n) is 12.4. The van der Waals surface area contributed by atoms with Crippen LogP contribution in [0.5, 0.6) is 0 Å². The maximum absolute atomic E-state index is 13.1. The summed E-state index contributed by atoms with van der Waals surface area (Å²) >= 11 is 0. The Labute approximate surface area is 231 Å². The van der Waals surface area contributed by atoms with Gasteiger partial charge in [0.1, 0.15) is 12.1 Å². The minimum absolute atomic E-state index is 0.0398. The lowest BCUT2D eigenvalue weighted by molar-refractivity contribution is -0.135. The molecule has 1 aliphatic rings. The average Bonchev–Trinajstić information content (AvgIpc) is 3.49. The number of aromatic nitrogens is 5. The van der Waals surface area contributed by atoms with Crippen LogP contribution < -0.4 is 4.90 Å². The molecule has 4 aromatic heterocycles. The summed E-state index contributed by atoms with van der Waals surface area (Å²) in [5.41, 5.74) is 8.62. The highest BCUT2D eigenvalue weighted by Crippen LogP contribution is 2.38. The molecule has 1 aliphatic heterocycles. The van der Waals surface area contributed by atoms with Crippen LogP contribution in [0.15, 0.2) is 24.7 Å². The highest BCUT2D eigenvalue weighted by Gasteiger charge is 2.31. The number of aromatic amines is 1. The first-order chi connectivity index (χ1) is 18.4. The van der Waals surface area contributed by atoms with Crippen molar-refractivity contribution in [3.63, 3.8) is 0 Å². The molecule has 5 rings (SSSR count). The number of carbonyl (C=O) groups is 1. The summed E-state index contributed by atoms with van der Waals surface area (Å²) in [6.45, 7) is 19.9. The molecule has 5 heterocycles. The zero-order chi connectivity index (χ0) is 28.2. The lowest BCUT2D eigenvalue weighted by Crippen LogP contribution is -2.57. The first-order valence-corrected chi connectivity index (χ1v) is 13.9. The van der Waals surface area contributed by atoms with Crippen molar-refractivity contribution in [3.8, 4) is 11.3 Å². The van der Waals surface area contributed by atoms with Gasteiger partial charge in [0.15, 0.2) is 5.65 Å². The Balaban J connectivity index is 1.45. The van der Waals surface area contributed by atoms with E-state index in [2.05, 4.69) is 98.6 Å². The van der Waals surface area contributed by atoms with E-state index in [1.807, 2.05) is 16.5 Å². The Hall–Kier alpha value is -3.46. The minimum Gasteiger partial charge on any atom is -0.353 e. The Bertz CT molecular complexity index is 1530. The van der Waals surface area contributed by atoms with Crippen LogP contribution in [0.1, 0.15) is 64.2 Å². The van der Waals surface area contributed by atoms with Gasteiger partial charge < -0.3 is 14.8 Å². The van der Waals surface area contributed by atoms with Crippen LogP contribution in [-0.4, -0.2) is 85.1 Å². The number of nitrogens with one attached hydrogen (secondary N) is 1. The number of rotatable bonds is 5. The van der Waals surface area contributed by atoms with E-state index in [0.29, 0.717) is 13.1 Å². The summed E-state index contributed by atoms with van der Waals surface area (Å²) in [4.78, 5) is 32.9. The van der Waals surface area contributed by atoms with E-state index in [0.717, 1.165) is 52.4 Å². The van der Waals surface area contributed by atoms with Crippen LogP contribution in [0.2, 0.25) is 0 Å². The number of H-pyrrole nitrogens is 1. The smallest absolute Gasteiger partial charge is 0.237 e. The van der Waals surface area contributed by atoms with Crippen LogP contribution in [0.4, 0.5) is 5.82 Å². The van der Waals surface area contributed by atoms with E-state index in [-0.39, 0.29) is 23.4 Å². The zero-order valence-corrected chi connectivity index (χ0v) is 24.8. The second-order valence-corrected chi connectivity index (χ2v) is 12.4. The van der Waals surface area contributed by atoms with Crippen molar-refractivity contribution >= 4 is 28.4 Å². The van der Waals surface area contributed by atoms with E-state index < -0.39 is 0 Å². The number of hydrogen-bond acceptors (Lipinski definition) is 6. The predicted octanol–water partition coefficient (Wildman–Crippen LogP) is 4.78. The molecule has 0 bridgehead atoms. The van der Waals surface area contributed by atoms with Gasteiger partial charge in [-0.3, -0.25) is 9.69 Å². The van der Waals surface area contributed by atoms with Crippen LogP contribution in [0.3, 0.4) is 0 Å². The Kier molecular flexibility index (Phi) is 6.91. The highest BCUT2D eigenvalue weighted by molar-refractivity contribution is 5.90. The van der Waals surface area contributed by atoms with Gasteiger partial charge in [-0.15, -0.1) is 0 Å². The highest BCUT2D eigenvalue weighted by atomic mass is 16.2. The maximum atomic E-state index is 13.1. The molecule has 0 saturated carbocycles. The number of likely N-dealkylation sites (N-methyl/N-ethyl adjacent to an activating group) is 1. The summed E-state index contributed by atoms with van der Waals surface area (Å²) in [5.74, 6) is 1.42. The van der Waals surface area contributed by atoms with E-state index in [9.17, 15) is 4.79 Å². The van der Waals surface area contributed by atoms with Crippen molar-refractivity contribution < 1.29 is 4.79 Å². The van der Waals surface area contributed by atoms with Crippen LogP contribution in [0.25, 0.3) is 27.9 Å². The van der Waals surface area contributed by atoms with Gasteiger partial charge in [0.25, 0.3) is 0 Å². The number of nitrogens with zero attached hydrogens (tertiary/aromatic N) is 7. The first kappa shape index (κ1) is 27.1. The third-order valence-electron chi connectivity index (χ3n) is 8.43. The molecule has 1 N–H and O–H groups in total. The van der Waals surface area contributed by atoms with Crippen molar-refractivity contribution in [1.82, 2.24) is 34.4 Å². The lowest BCUT2D eigenvalue weighted by Gasteiger charge is -2.42. The molecule has 0 radical (unpaired) electrons. The van der Waals surface area contributed by atoms with Gasteiger partial charge in [-0.25, -0.2) is 14.5 Å². The van der Waals surface area contributed by atoms with Gasteiger partial charge in [-0.1, -0.05) is 13.8 Å². The topological polar surface area (TPSA) is 85.7 Å². The van der Waals surface area contributed by atoms with Gasteiger partial charge >= 0.3 is 0 Å². The normalized spacial score (nSPS) is 16.8. The zero-order valence-electron chi connectivity index (χ0n) is 24.8. The average molecular weight is 531 g/mol. The fourth-order valence-corrected chi connectivity index (χ4v) is 5.55. The largest absolute Gasteiger partial charge is 0.353 e. The molecule has 9 nitrogen and oxygen atoms in total. The van der Waals surface area contributed by atoms with Crippen LogP contribution in [0, 0.1) is 13.8 Å². The van der Waals surface area contributed by atoms with Crippen LogP contribution >= 0.6 is 0 Å². The summed E-state index contributed by atoms with van der Waals surface area (Å²) in [6.07, 6.45) is 3.67. The van der Waals surface area contributed by atoms with E-state index in [1.54, 1.807) is 6.33 Å². The standard InChI is InChI=1S/C30H42N8O/c1-18(2)26-27(22-15-38-29(31-17-32-38)21(5)20(22)4)33-23-10-11-24(34-28(23)26)36-12-13-37(19(3)14-36)25(39)16-35(9)30(6,7)8/h10-11,15,17-19,33H,12-14,16H2,1-9H3/t19-/m1/s1. The third kappa shape index (κ3) is 4.88. The fourth-order valence-electron chi connectivity index (χ4n) is 5.55. The predicted molar refractivity (Wildman–Crippen MR) is 157 cm³/mol. The molecule has 1 fully saturated rings. The number of hydrogen-bond donors (Lipinski definition) is 1. The molecule has 0 spiro atoms. The number of aryl methyl sites for hydroxylation is 1. The molecule has 4 aromatic rings. The monoisotopic (exact) mass is 530 g/mol. The fraction of sp³-hybridized carbons (Fsp3) is 0.533. The molecule has 0 aromatic carbocycles. The van der Waals surface area contributed by atoms with Gasteiger partial charge in [0.2, 0.25) is 5.91 Å². The van der Waals surface area contributed by atoms with Crippen molar-refractivity contribution in [1.29, 1.82) is 0 Å². The van der Waals surface area contributed by atoms with Crippen molar-refractivity contribution in [2.45, 2.75) is 72.9 Å². The Morgan fingerprint density at radius 3 is 2.59 bits per heavy atom. The molecule has 1 atom stereocenters. The van der Waals surface area contributed by atoms with E-state index in [1.165, 1.54) is 11.1 Å². The van der Waals surface area contributed by atoms with Crippen molar-refractivity contribution in [2.75, 3.05) is 38.1 Å². The number of amides is 1. The molecule has 9 heteroatoms. The molecule has 0 unspecified atom stereocenters. The lowest BCUT2D eigenvalue weighted by atomic mass is 9.95. The summed E-state index contributed by atoms with van der Waals surface area (Å²) < 4.78 is 1.85. The first-order valence-electron chi connectivity index (χ1n) is 13.9. The molecule has 208 valence electrons. The molecular formula is C30H42N8O. The summed E-state index contributed by atoms with van der Waals surface area (Å²) in [6, 6.07) is 4.36. The number of carbonyl (C=O) groups excluding carboxylic acids is 1. The number of anilines is 1. The third-order valence-corrected chi connectivity index (χ3v) is 8.43. The number of piperazine rings is 1. The van der Waals surface area contributed by atoms with Crippen LogP contribution in [-0.2, 0) is 4.79 Å². The molecule has 1 amide bonds. The second kappa shape index (κ2) is 9.93. The van der Waals surface area contributed by atoms with Crippen molar-refractivity contribution in [3.05, 3.63) is 41.3 Å². The molecular weight excluding hydrogens is 488 g/mol. The van der Waals surface area contributed by atoms with E-state index >= 15 is 0 Å².